The maximum absolute atomic E-state index is 12.5. The summed E-state index contributed by atoms with van der Waals surface area (Å²) in [5, 5.41) is 0. The number of esters is 1. The van der Waals surface area contributed by atoms with Crippen molar-refractivity contribution in [2.24, 2.45) is 11.7 Å². The zero-order valence-corrected chi connectivity index (χ0v) is 13.6. The van der Waals surface area contributed by atoms with Crippen LogP contribution in [0.2, 0.25) is 0 Å². The lowest BCUT2D eigenvalue weighted by atomic mass is 10.2. The summed E-state index contributed by atoms with van der Waals surface area (Å²) >= 11 is 4.81. The highest BCUT2D eigenvalue weighted by Gasteiger charge is 2.28. The second-order valence-corrected chi connectivity index (χ2v) is 6.88. The van der Waals surface area contributed by atoms with E-state index in [1.54, 1.807) is 6.92 Å². The molecule has 0 aliphatic rings. The molecule has 0 saturated carbocycles. The van der Waals surface area contributed by atoms with Crippen LogP contribution in [0.3, 0.4) is 0 Å². The van der Waals surface area contributed by atoms with Crippen LogP contribution in [0.15, 0.2) is 23.2 Å². The predicted molar refractivity (Wildman–Crippen MR) is 81.1 cm³/mol. The van der Waals surface area contributed by atoms with Crippen LogP contribution in [0.1, 0.15) is 12.6 Å². The predicted octanol–water partition coefficient (Wildman–Crippen LogP) is 0.145. The summed E-state index contributed by atoms with van der Waals surface area (Å²) in [5.41, 5.74) is 5.53. The average Bonchev–Trinajstić information content (AvgIpc) is 2.45. The third-order valence-corrected chi connectivity index (χ3v) is 4.88. The highest BCUT2D eigenvalue weighted by molar-refractivity contribution is 7.89. The molecule has 0 spiro atoms. The third kappa shape index (κ3) is 3.96. The summed E-state index contributed by atoms with van der Waals surface area (Å²) in [6.07, 6.45) is 1.41. The van der Waals surface area contributed by atoms with Gasteiger partial charge < -0.3 is 10.5 Å². The van der Waals surface area contributed by atoms with Crippen molar-refractivity contribution >= 4 is 33.2 Å². The van der Waals surface area contributed by atoms with E-state index in [1.807, 2.05) is 0 Å². The number of ether oxygens (including phenoxy) is 1. The van der Waals surface area contributed by atoms with Crippen molar-refractivity contribution in [1.82, 2.24) is 9.29 Å². The number of hydrogen-bond donors (Lipinski definition) is 1. The smallest absolute Gasteiger partial charge is 0.309 e. The summed E-state index contributed by atoms with van der Waals surface area (Å²) in [4.78, 5) is 15.1. The lowest BCUT2D eigenvalue weighted by molar-refractivity contribution is -0.144. The van der Waals surface area contributed by atoms with Gasteiger partial charge in [-0.25, -0.2) is 12.7 Å². The first-order chi connectivity index (χ1) is 9.71. The number of thiocarbonyl (C=S) groups is 1. The van der Waals surface area contributed by atoms with Crippen LogP contribution in [-0.2, 0) is 19.6 Å². The van der Waals surface area contributed by atoms with Gasteiger partial charge in [0.2, 0.25) is 10.0 Å². The molecule has 9 heteroatoms. The van der Waals surface area contributed by atoms with Gasteiger partial charge in [-0.1, -0.05) is 19.1 Å². The van der Waals surface area contributed by atoms with E-state index < -0.39 is 21.9 Å². The fourth-order valence-electron chi connectivity index (χ4n) is 1.71. The van der Waals surface area contributed by atoms with Crippen molar-refractivity contribution in [1.29, 1.82) is 0 Å². The Morgan fingerprint density at radius 1 is 1.57 bits per heavy atom. The van der Waals surface area contributed by atoms with Gasteiger partial charge in [0.25, 0.3) is 0 Å². The Bertz CT molecular complexity index is 646. The lowest BCUT2D eigenvalue weighted by Crippen LogP contribution is -2.35. The van der Waals surface area contributed by atoms with Gasteiger partial charge in [0, 0.05) is 19.8 Å². The number of rotatable bonds is 6. The molecular weight excluding hydrogens is 314 g/mol. The molecule has 1 unspecified atom stereocenters. The van der Waals surface area contributed by atoms with Crippen LogP contribution in [-0.4, -0.2) is 49.4 Å². The molecule has 1 atom stereocenters. The Morgan fingerprint density at radius 2 is 2.19 bits per heavy atom. The zero-order valence-electron chi connectivity index (χ0n) is 11.9. The van der Waals surface area contributed by atoms with Crippen molar-refractivity contribution in [2.45, 2.75) is 11.8 Å². The van der Waals surface area contributed by atoms with Crippen LogP contribution in [0.25, 0.3) is 0 Å². The van der Waals surface area contributed by atoms with Gasteiger partial charge in [0.15, 0.2) is 0 Å². The second-order valence-electron chi connectivity index (χ2n) is 4.42. The van der Waals surface area contributed by atoms with E-state index in [4.69, 9.17) is 18.0 Å². The van der Waals surface area contributed by atoms with Crippen molar-refractivity contribution in [2.75, 3.05) is 20.7 Å². The van der Waals surface area contributed by atoms with Gasteiger partial charge in [0.05, 0.1) is 13.0 Å². The van der Waals surface area contributed by atoms with Gasteiger partial charge >= 0.3 is 5.97 Å². The average molecular weight is 331 g/mol. The molecule has 0 fully saturated rings. The number of aromatic nitrogens is 1. The number of carbonyl (C=O) groups is 1. The molecular formula is C12H17N3O4S2. The van der Waals surface area contributed by atoms with E-state index in [9.17, 15) is 13.2 Å². The topological polar surface area (TPSA) is 103 Å². The van der Waals surface area contributed by atoms with Gasteiger partial charge in [-0.3, -0.25) is 9.78 Å². The SMILES string of the molecule is COC(=O)C(C)CN(C)S(=O)(=O)c1cccnc1C(N)=S. The first-order valence-electron chi connectivity index (χ1n) is 6.00. The molecule has 21 heavy (non-hydrogen) atoms. The van der Waals surface area contributed by atoms with Crippen molar-refractivity contribution in [3.8, 4) is 0 Å². The van der Waals surface area contributed by atoms with E-state index in [2.05, 4.69) is 9.72 Å². The monoisotopic (exact) mass is 331 g/mol. The summed E-state index contributed by atoms with van der Waals surface area (Å²) in [7, 11) is -1.24. The van der Waals surface area contributed by atoms with Crippen LogP contribution in [0, 0.1) is 5.92 Å². The first kappa shape index (κ1) is 17.5. The number of nitrogens with two attached hydrogens (primary N) is 1. The molecule has 0 saturated heterocycles. The number of carbonyl (C=O) groups excluding carboxylic acids is 1. The summed E-state index contributed by atoms with van der Waals surface area (Å²) < 4.78 is 30.7. The molecule has 1 heterocycles. The van der Waals surface area contributed by atoms with Crippen LogP contribution in [0.5, 0.6) is 0 Å². The first-order valence-corrected chi connectivity index (χ1v) is 7.85. The number of nitrogens with zero attached hydrogens (tertiary/aromatic N) is 2. The van der Waals surface area contributed by atoms with Gasteiger partial charge in [0.1, 0.15) is 15.6 Å². The summed E-state index contributed by atoms with van der Waals surface area (Å²) in [5.74, 6) is -1.09. The molecule has 7 nitrogen and oxygen atoms in total. The molecule has 0 radical (unpaired) electrons. The fraction of sp³-hybridized carbons (Fsp3) is 0.417. The highest BCUT2D eigenvalue weighted by atomic mass is 32.2. The number of hydrogen-bond acceptors (Lipinski definition) is 6. The highest BCUT2D eigenvalue weighted by Crippen LogP contribution is 2.18. The molecule has 0 bridgehead atoms. The van der Waals surface area contributed by atoms with Crippen LogP contribution >= 0.6 is 12.2 Å². The van der Waals surface area contributed by atoms with E-state index in [1.165, 1.54) is 32.5 Å². The molecule has 0 amide bonds. The maximum atomic E-state index is 12.5. The maximum Gasteiger partial charge on any atom is 0.309 e. The number of sulfonamides is 1. The number of methoxy groups -OCH3 is 1. The van der Waals surface area contributed by atoms with E-state index in [0.717, 1.165) is 4.31 Å². The van der Waals surface area contributed by atoms with E-state index >= 15 is 0 Å². The van der Waals surface area contributed by atoms with Gasteiger partial charge in [-0.05, 0) is 12.1 Å². The molecule has 0 aliphatic heterocycles. The lowest BCUT2D eigenvalue weighted by Gasteiger charge is -2.21. The van der Waals surface area contributed by atoms with Crippen molar-refractivity contribution < 1.29 is 17.9 Å². The molecule has 0 aromatic carbocycles. The number of pyridine rings is 1. The molecule has 116 valence electrons. The van der Waals surface area contributed by atoms with Crippen LogP contribution < -0.4 is 5.73 Å². The van der Waals surface area contributed by atoms with Gasteiger partial charge in [-0.2, -0.15) is 0 Å². The normalized spacial score (nSPS) is 13.0. The minimum Gasteiger partial charge on any atom is -0.469 e. The minimum absolute atomic E-state index is 0.0271. The van der Waals surface area contributed by atoms with Crippen LogP contribution in [0.4, 0.5) is 0 Å². The molecule has 1 rings (SSSR count). The zero-order chi connectivity index (χ0) is 16.2. The largest absolute Gasteiger partial charge is 0.469 e. The summed E-state index contributed by atoms with van der Waals surface area (Å²) in [6.45, 7) is 1.55. The molecule has 0 aliphatic carbocycles. The van der Waals surface area contributed by atoms with E-state index in [0.29, 0.717) is 0 Å². The Labute approximate surface area is 129 Å². The molecule has 1 aromatic heterocycles. The van der Waals surface area contributed by atoms with Gasteiger partial charge in [-0.15, -0.1) is 0 Å². The molecule has 2 N–H and O–H groups in total. The van der Waals surface area contributed by atoms with Crippen molar-refractivity contribution in [3.63, 3.8) is 0 Å². The standard InChI is InChI=1S/C12H17N3O4S2/c1-8(12(16)19-3)7-15(2)21(17,18)9-5-4-6-14-10(9)11(13)20/h4-6,8H,7H2,1-3H3,(H2,13,20). The van der Waals surface area contributed by atoms with E-state index in [-0.39, 0.29) is 22.1 Å². The Kier molecular flexibility index (Phi) is 5.76. The molecule has 1 aromatic rings. The third-order valence-electron chi connectivity index (χ3n) is 2.83. The Morgan fingerprint density at radius 3 is 2.71 bits per heavy atom. The van der Waals surface area contributed by atoms with Crippen molar-refractivity contribution in [3.05, 3.63) is 24.0 Å². The fourth-order valence-corrected chi connectivity index (χ4v) is 3.35. The Balaban J connectivity index is 3.12. The minimum atomic E-state index is -3.86. The Hall–Kier alpha value is -1.58. The summed E-state index contributed by atoms with van der Waals surface area (Å²) in [6, 6.07) is 2.85. The second kappa shape index (κ2) is 6.92. The quantitative estimate of drug-likeness (QED) is 0.584.